The molecule has 9 nitrogen and oxygen atoms in total. The van der Waals surface area contributed by atoms with Crippen molar-refractivity contribution in [2.24, 2.45) is 0 Å². The van der Waals surface area contributed by atoms with Crippen LogP contribution in [0.25, 0.3) is 12.2 Å². The molecule has 0 unspecified atom stereocenters. The zero-order valence-electron chi connectivity index (χ0n) is 22.4. The predicted octanol–water partition coefficient (Wildman–Crippen LogP) is 4.83. The minimum Gasteiger partial charge on any atom is -0.486 e. The van der Waals surface area contributed by atoms with Gasteiger partial charge in [0.1, 0.15) is 17.7 Å². The van der Waals surface area contributed by atoms with Crippen molar-refractivity contribution in [1.29, 1.82) is 0 Å². The molecular weight excluding hydrogens is 525 g/mol. The van der Waals surface area contributed by atoms with Gasteiger partial charge in [0.2, 0.25) is 0 Å². The van der Waals surface area contributed by atoms with E-state index >= 15 is 0 Å². The molecule has 11 heteroatoms. The van der Waals surface area contributed by atoms with Gasteiger partial charge in [-0.25, -0.2) is 12.8 Å². The summed E-state index contributed by atoms with van der Waals surface area (Å²) in [6, 6.07) is 9.98. The molecule has 2 heterocycles. The quantitative estimate of drug-likeness (QED) is 0.260. The minimum absolute atomic E-state index is 0.0181. The van der Waals surface area contributed by atoms with Crippen LogP contribution in [-0.4, -0.2) is 50.5 Å². The first kappa shape index (κ1) is 28.2. The summed E-state index contributed by atoms with van der Waals surface area (Å²) in [6.07, 6.45) is 4.58. The van der Waals surface area contributed by atoms with Crippen LogP contribution in [0.3, 0.4) is 0 Å². The largest absolute Gasteiger partial charge is 0.486 e. The molecule has 0 amide bonds. The minimum atomic E-state index is -4.15. The lowest BCUT2D eigenvalue weighted by Crippen LogP contribution is -2.43. The molecule has 1 atom stereocenters. The van der Waals surface area contributed by atoms with Crippen LogP contribution in [0.2, 0.25) is 0 Å². The number of nitrogens with zero attached hydrogens (tertiary/aromatic N) is 3. The third-order valence-corrected chi connectivity index (χ3v) is 8.16. The standard InChI is InChI=1S/C28H32FN3O6S/c1-5-31-18-26(28(30-31)37-6-2)39(34,35)32-17-21(12-15-27(33)36-4)38-25-14-11-20(16-24(25)32)10-13-22-19(3)8-7-9-23(22)29/h7-11,13-14,16,18,21H,5-6,12,15,17H2,1-4H3/b13-10+/t21-/m0/s1. The molecule has 39 heavy (non-hydrogen) atoms. The Hall–Kier alpha value is -3.86. The number of rotatable bonds is 10. The highest BCUT2D eigenvalue weighted by atomic mass is 32.2. The Kier molecular flexibility index (Phi) is 8.59. The molecule has 3 aromatic rings. The van der Waals surface area contributed by atoms with Gasteiger partial charge in [0.15, 0.2) is 4.90 Å². The van der Waals surface area contributed by atoms with Crippen molar-refractivity contribution in [1.82, 2.24) is 9.78 Å². The van der Waals surface area contributed by atoms with Crippen molar-refractivity contribution in [3.63, 3.8) is 0 Å². The Bertz CT molecular complexity index is 1460. The number of ether oxygens (including phenoxy) is 3. The van der Waals surface area contributed by atoms with Crippen molar-refractivity contribution in [2.45, 2.75) is 51.2 Å². The molecule has 0 spiro atoms. The number of anilines is 1. The number of methoxy groups -OCH3 is 1. The Morgan fingerprint density at radius 2 is 2.03 bits per heavy atom. The normalized spacial score (nSPS) is 15.2. The monoisotopic (exact) mass is 557 g/mol. The molecular formula is C28H32FN3O6S. The van der Waals surface area contributed by atoms with Gasteiger partial charge in [-0.2, -0.15) is 0 Å². The Morgan fingerprint density at radius 1 is 1.23 bits per heavy atom. The fraction of sp³-hybridized carbons (Fsp3) is 0.357. The zero-order chi connectivity index (χ0) is 28.2. The molecule has 1 aromatic heterocycles. The summed E-state index contributed by atoms with van der Waals surface area (Å²) in [5.41, 5.74) is 2.21. The Balaban J connectivity index is 1.76. The van der Waals surface area contributed by atoms with Crippen LogP contribution in [0.15, 0.2) is 47.5 Å². The van der Waals surface area contributed by atoms with Gasteiger partial charge < -0.3 is 14.2 Å². The zero-order valence-corrected chi connectivity index (χ0v) is 23.2. The number of esters is 1. The summed E-state index contributed by atoms with van der Waals surface area (Å²) >= 11 is 0. The number of benzene rings is 2. The van der Waals surface area contributed by atoms with Crippen molar-refractivity contribution < 1.29 is 31.8 Å². The molecule has 1 aliphatic heterocycles. The summed E-state index contributed by atoms with van der Waals surface area (Å²) < 4.78 is 61.7. The molecule has 0 saturated carbocycles. The highest BCUT2D eigenvalue weighted by Crippen LogP contribution is 2.40. The van der Waals surface area contributed by atoms with E-state index in [4.69, 9.17) is 14.2 Å². The average molecular weight is 558 g/mol. The average Bonchev–Trinajstić information content (AvgIpc) is 3.35. The van der Waals surface area contributed by atoms with E-state index in [0.717, 1.165) is 5.56 Å². The Labute approximate surface area is 227 Å². The molecule has 0 N–H and O–H groups in total. The summed E-state index contributed by atoms with van der Waals surface area (Å²) in [5.74, 6) is -0.392. The summed E-state index contributed by atoms with van der Waals surface area (Å²) in [7, 11) is -2.85. The first-order valence-electron chi connectivity index (χ1n) is 12.7. The van der Waals surface area contributed by atoms with Crippen LogP contribution in [0.5, 0.6) is 11.6 Å². The second kappa shape index (κ2) is 11.9. The number of aromatic nitrogens is 2. The van der Waals surface area contributed by atoms with E-state index in [1.54, 1.807) is 43.3 Å². The van der Waals surface area contributed by atoms with Gasteiger partial charge in [-0.15, -0.1) is 5.10 Å². The highest BCUT2D eigenvalue weighted by molar-refractivity contribution is 7.93. The maximum atomic E-state index is 14.4. The Morgan fingerprint density at radius 3 is 2.72 bits per heavy atom. The summed E-state index contributed by atoms with van der Waals surface area (Å²) in [6.45, 7) is 6.09. The van der Waals surface area contributed by atoms with Gasteiger partial charge in [-0.1, -0.05) is 30.4 Å². The first-order chi connectivity index (χ1) is 18.7. The smallest absolute Gasteiger partial charge is 0.305 e. The number of aryl methyl sites for hydroxylation is 2. The maximum absolute atomic E-state index is 14.4. The van der Waals surface area contributed by atoms with E-state index < -0.39 is 22.1 Å². The lowest BCUT2D eigenvalue weighted by Gasteiger charge is -2.35. The molecule has 0 fully saturated rings. The first-order valence-corrected chi connectivity index (χ1v) is 14.2. The number of hydrogen-bond donors (Lipinski definition) is 0. The van der Waals surface area contributed by atoms with E-state index in [-0.39, 0.29) is 42.6 Å². The van der Waals surface area contributed by atoms with Crippen LogP contribution in [0.1, 0.15) is 43.4 Å². The molecule has 0 bridgehead atoms. The van der Waals surface area contributed by atoms with E-state index in [1.165, 1.54) is 28.4 Å². The van der Waals surface area contributed by atoms with Gasteiger partial charge in [-0.05, 0) is 56.5 Å². The molecule has 2 aromatic carbocycles. The molecule has 0 aliphatic carbocycles. The van der Waals surface area contributed by atoms with E-state index in [1.807, 2.05) is 19.9 Å². The molecule has 0 saturated heterocycles. The number of hydrogen-bond acceptors (Lipinski definition) is 7. The van der Waals surface area contributed by atoms with Crippen LogP contribution in [0, 0.1) is 12.7 Å². The van der Waals surface area contributed by atoms with Crippen molar-refractivity contribution in [3.8, 4) is 11.6 Å². The summed E-state index contributed by atoms with van der Waals surface area (Å²) in [5, 5.41) is 4.27. The van der Waals surface area contributed by atoms with Crippen LogP contribution in [0.4, 0.5) is 10.1 Å². The van der Waals surface area contributed by atoms with Crippen LogP contribution in [-0.2, 0) is 26.1 Å². The third-order valence-electron chi connectivity index (χ3n) is 6.40. The van der Waals surface area contributed by atoms with E-state index in [2.05, 4.69) is 5.10 Å². The number of halogens is 1. The third kappa shape index (κ3) is 6.08. The van der Waals surface area contributed by atoms with Gasteiger partial charge in [0, 0.05) is 24.7 Å². The number of fused-ring (bicyclic) bond motifs is 1. The predicted molar refractivity (Wildman–Crippen MR) is 146 cm³/mol. The lowest BCUT2D eigenvalue weighted by atomic mass is 10.1. The summed E-state index contributed by atoms with van der Waals surface area (Å²) in [4.78, 5) is 11.7. The SMILES string of the molecule is CCOc1nn(CC)cc1S(=O)(=O)N1C[C@H](CCC(=O)OC)Oc2ccc(/C=C/c3c(C)cccc3F)cc21. The molecule has 1 aliphatic rings. The number of sulfonamides is 1. The van der Waals surface area contributed by atoms with Crippen molar-refractivity contribution in [3.05, 3.63) is 65.1 Å². The van der Waals surface area contributed by atoms with E-state index in [9.17, 15) is 17.6 Å². The second-order valence-electron chi connectivity index (χ2n) is 9.01. The van der Waals surface area contributed by atoms with Crippen molar-refractivity contribution >= 4 is 33.8 Å². The van der Waals surface area contributed by atoms with Gasteiger partial charge in [-0.3, -0.25) is 13.8 Å². The second-order valence-corrected chi connectivity index (χ2v) is 10.8. The molecule has 0 radical (unpaired) electrons. The fourth-order valence-electron chi connectivity index (χ4n) is 4.31. The highest BCUT2D eigenvalue weighted by Gasteiger charge is 2.37. The van der Waals surface area contributed by atoms with E-state index in [0.29, 0.717) is 29.1 Å². The van der Waals surface area contributed by atoms with Gasteiger partial charge in [0.05, 0.1) is 25.9 Å². The fourth-order valence-corrected chi connectivity index (χ4v) is 5.88. The topological polar surface area (TPSA) is 100.0 Å². The van der Waals surface area contributed by atoms with Gasteiger partial charge >= 0.3 is 5.97 Å². The molecule has 208 valence electrons. The molecule has 4 rings (SSSR count). The van der Waals surface area contributed by atoms with Crippen LogP contribution >= 0.6 is 0 Å². The maximum Gasteiger partial charge on any atom is 0.305 e. The number of carbonyl (C=O) groups excluding carboxylic acids is 1. The lowest BCUT2D eigenvalue weighted by molar-refractivity contribution is -0.141. The number of carbonyl (C=O) groups is 1. The van der Waals surface area contributed by atoms with Crippen LogP contribution < -0.4 is 13.8 Å². The van der Waals surface area contributed by atoms with Gasteiger partial charge in [0.25, 0.3) is 15.9 Å². The van der Waals surface area contributed by atoms with Crippen molar-refractivity contribution in [2.75, 3.05) is 24.6 Å².